The molecule has 2 N–H and O–H groups in total. The van der Waals surface area contributed by atoms with E-state index in [0.717, 1.165) is 23.5 Å². The third kappa shape index (κ3) is 3.82. The highest BCUT2D eigenvalue weighted by Crippen LogP contribution is 2.19. The van der Waals surface area contributed by atoms with Crippen molar-refractivity contribution in [3.63, 3.8) is 0 Å². The second kappa shape index (κ2) is 5.19. The van der Waals surface area contributed by atoms with E-state index in [1.807, 2.05) is 18.5 Å². The van der Waals surface area contributed by atoms with E-state index in [9.17, 15) is 0 Å². The molecule has 0 radical (unpaired) electrons. The molecule has 0 aliphatic rings. The van der Waals surface area contributed by atoms with E-state index in [1.165, 1.54) is 0 Å². The summed E-state index contributed by atoms with van der Waals surface area (Å²) >= 11 is 0. The van der Waals surface area contributed by atoms with Gasteiger partial charge in [-0.1, -0.05) is 0 Å². The number of aryl methyl sites for hydroxylation is 1. The lowest BCUT2D eigenvalue weighted by atomic mass is 10.1. The van der Waals surface area contributed by atoms with Gasteiger partial charge in [-0.25, -0.2) is 0 Å². The molecule has 0 aliphatic carbocycles. The maximum absolute atomic E-state index is 5.94. The molecule has 98 valence electrons. The van der Waals surface area contributed by atoms with Crippen LogP contribution in [0.25, 0.3) is 0 Å². The first-order valence-electron chi connectivity index (χ1n) is 6.16. The van der Waals surface area contributed by atoms with E-state index in [-0.39, 0.29) is 11.6 Å². The molecule has 17 heavy (non-hydrogen) atoms. The lowest BCUT2D eigenvalue weighted by Crippen LogP contribution is -2.22. The predicted octanol–water partition coefficient (Wildman–Crippen LogP) is 2.33. The van der Waals surface area contributed by atoms with Crippen molar-refractivity contribution in [1.29, 1.82) is 0 Å². The van der Waals surface area contributed by atoms with E-state index in [2.05, 4.69) is 32.8 Å². The summed E-state index contributed by atoms with van der Waals surface area (Å²) in [5, 5.41) is 4.51. The Bertz CT molecular complexity index is 375. The minimum absolute atomic E-state index is 0.0345. The fourth-order valence-corrected chi connectivity index (χ4v) is 2.03. The maximum Gasteiger partial charge on any atom is 0.0669 e. The van der Waals surface area contributed by atoms with E-state index in [0.29, 0.717) is 6.61 Å². The number of hydrogen-bond acceptors (Lipinski definition) is 3. The highest BCUT2D eigenvalue weighted by atomic mass is 16.5. The number of nitrogens with two attached hydrogens (primary N) is 1. The van der Waals surface area contributed by atoms with Crippen molar-refractivity contribution in [3.05, 3.63) is 17.0 Å². The second-order valence-electron chi connectivity index (χ2n) is 5.56. The van der Waals surface area contributed by atoms with Crippen molar-refractivity contribution >= 4 is 0 Å². The Morgan fingerprint density at radius 1 is 1.35 bits per heavy atom. The molecular formula is C13H25N3O. The Balaban J connectivity index is 2.70. The molecule has 1 unspecified atom stereocenters. The monoisotopic (exact) mass is 239 g/mol. The van der Waals surface area contributed by atoms with Crippen LogP contribution < -0.4 is 5.73 Å². The number of rotatable bonds is 4. The van der Waals surface area contributed by atoms with Gasteiger partial charge in [0.25, 0.3) is 0 Å². The Labute approximate surface area is 104 Å². The Kier molecular flexibility index (Phi) is 4.33. The van der Waals surface area contributed by atoms with E-state index < -0.39 is 0 Å². The van der Waals surface area contributed by atoms with Crippen LogP contribution in [0.15, 0.2) is 0 Å². The normalized spacial score (nSPS) is 14.1. The molecule has 0 aromatic carbocycles. The maximum atomic E-state index is 5.94. The predicted molar refractivity (Wildman–Crippen MR) is 70.0 cm³/mol. The average Bonchev–Trinajstić information content (AvgIpc) is 2.39. The zero-order chi connectivity index (χ0) is 13.2. The molecule has 0 fully saturated rings. The lowest BCUT2D eigenvalue weighted by Gasteiger charge is -2.19. The minimum atomic E-state index is -0.0971. The Hall–Kier alpha value is -0.870. The quantitative estimate of drug-likeness (QED) is 0.877. The smallest absolute Gasteiger partial charge is 0.0669 e. The fourth-order valence-electron chi connectivity index (χ4n) is 2.03. The SMILES string of the molecule is Cc1nn(CCOC(C)(C)C)c(C)c1C(C)N. The molecule has 1 heterocycles. The highest BCUT2D eigenvalue weighted by molar-refractivity contribution is 5.27. The van der Waals surface area contributed by atoms with Crippen LogP contribution in [0.3, 0.4) is 0 Å². The van der Waals surface area contributed by atoms with Crippen LogP contribution in [0, 0.1) is 13.8 Å². The summed E-state index contributed by atoms with van der Waals surface area (Å²) in [7, 11) is 0. The first kappa shape index (κ1) is 14.2. The summed E-state index contributed by atoms with van der Waals surface area (Å²) in [6.45, 7) is 13.7. The average molecular weight is 239 g/mol. The van der Waals surface area contributed by atoms with Gasteiger partial charge in [0.1, 0.15) is 0 Å². The fraction of sp³-hybridized carbons (Fsp3) is 0.769. The number of nitrogens with zero attached hydrogens (tertiary/aromatic N) is 2. The molecule has 0 bridgehead atoms. The molecular weight excluding hydrogens is 214 g/mol. The molecule has 0 saturated heterocycles. The van der Waals surface area contributed by atoms with Crippen molar-refractivity contribution in [1.82, 2.24) is 9.78 Å². The Morgan fingerprint density at radius 2 is 1.94 bits per heavy atom. The van der Waals surface area contributed by atoms with Crippen LogP contribution in [0.2, 0.25) is 0 Å². The van der Waals surface area contributed by atoms with Gasteiger partial charge in [0.05, 0.1) is 24.4 Å². The first-order chi connectivity index (χ1) is 7.72. The van der Waals surface area contributed by atoms with Gasteiger partial charge in [0.15, 0.2) is 0 Å². The van der Waals surface area contributed by atoms with E-state index >= 15 is 0 Å². The molecule has 1 rings (SSSR count). The molecule has 0 saturated carbocycles. The van der Waals surface area contributed by atoms with Gasteiger partial charge in [0.2, 0.25) is 0 Å². The molecule has 0 amide bonds. The summed E-state index contributed by atoms with van der Waals surface area (Å²) < 4.78 is 7.69. The zero-order valence-corrected chi connectivity index (χ0v) is 11.9. The third-order valence-electron chi connectivity index (χ3n) is 2.73. The topological polar surface area (TPSA) is 53.1 Å². The summed E-state index contributed by atoms with van der Waals surface area (Å²) in [4.78, 5) is 0. The van der Waals surface area contributed by atoms with Gasteiger partial charge < -0.3 is 10.5 Å². The van der Waals surface area contributed by atoms with Crippen molar-refractivity contribution < 1.29 is 4.74 Å². The van der Waals surface area contributed by atoms with Gasteiger partial charge >= 0.3 is 0 Å². The third-order valence-corrected chi connectivity index (χ3v) is 2.73. The van der Waals surface area contributed by atoms with Crippen LogP contribution in [-0.2, 0) is 11.3 Å². The number of aromatic nitrogens is 2. The van der Waals surface area contributed by atoms with Gasteiger partial charge in [-0.3, -0.25) is 4.68 Å². The van der Waals surface area contributed by atoms with E-state index in [1.54, 1.807) is 0 Å². The largest absolute Gasteiger partial charge is 0.374 e. The van der Waals surface area contributed by atoms with Crippen LogP contribution in [0.1, 0.15) is 50.7 Å². The summed E-state index contributed by atoms with van der Waals surface area (Å²) in [6.07, 6.45) is 0. The lowest BCUT2D eigenvalue weighted by molar-refractivity contribution is -0.00811. The van der Waals surface area contributed by atoms with Gasteiger partial charge in [-0.15, -0.1) is 0 Å². The molecule has 1 aromatic rings. The van der Waals surface area contributed by atoms with Crippen LogP contribution in [0.4, 0.5) is 0 Å². The van der Waals surface area contributed by atoms with Gasteiger partial charge in [0, 0.05) is 17.3 Å². The highest BCUT2D eigenvalue weighted by Gasteiger charge is 2.15. The minimum Gasteiger partial charge on any atom is -0.374 e. The first-order valence-corrected chi connectivity index (χ1v) is 6.16. The van der Waals surface area contributed by atoms with E-state index in [4.69, 9.17) is 10.5 Å². The molecule has 4 nitrogen and oxygen atoms in total. The Morgan fingerprint density at radius 3 is 2.35 bits per heavy atom. The summed E-state index contributed by atoms with van der Waals surface area (Å²) in [5.41, 5.74) is 9.17. The number of hydrogen-bond donors (Lipinski definition) is 1. The standard InChI is InChI=1S/C13H25N3O/c1-9(14)12-10(2)15-16(11(12)3)7-8-17-13(4,5)6/h9H,7-8,14H2,1-6H3. The summed E-state index contributed by atoms with van der Waals surface area (Å²) in [6, 6.07) is 0.0345. The summed E-state index contributed by atoms with van der Waals surface area (Å²) in [5.74, 6) is 0. The van der Waals surface area contributed by atoms with Crippen molar-refractivity contribution in [2.45, 2.75) is 59.7 Å². The molecule has 1 atom stereocenters. The molecule has 4 heteroatoms. The molecule has 0 spiro atoms. The zero-order valence-electron chi connectivity index (χ0n) is 11.9. The second-order valence-corrected chi connectivity index (χ2v) is 5.56. The molecule has 0 aliphatic heterocycles. The van der Waals surface area contributed by atoms with Gasteiger partial charge in [-0.05, 0) is 41.5 Å². The van der Waals surface area contributed by atoms with Crippen molar-refractivity contribution in [2.24, 2.45) is 5.73 Å². The molecule has 1 aromatic heterocycles. The van der Waals surface area contributed by atoms with Crippen LogP contribution in [-0.4, -0.2) is 22.0 Å². The number of ether oxygens (including phenoxy) is 1. The van der Waals surface area contributed by atoms with Gasteiger partial charge in [-0.2, -0.15) is 5.10 Å². The van der Waals surface area contributed by atoms with Crippen LogP contribution >= 0.6 is 0 Å². The van der Waals surface area contributed by atoms with Crippen LogP contribution in [0.5, 0.6) is 0 Å². The van der Waals surface area contributed by atoms with Crippen molar-refractivity contribution in [3.8, 4) is 0 Å². The van der Waals surface area contributed by atoms with Crippen molar-refractivity contribution in [2.75, 3.05) is 6.61 Å².